The van der Waals surface area contributed by atoms with Crippen LogP contribution in [0.15, 0.2) is 30.3 Å². The van der Waals surface area contributed by atoms with E-state index in [4.69, 9.17) is 40.5 Å². The molecule has 0 aliphatic rings. The average molecular weight is 315 g/mol. The second-order valence-corrected chi connectivity index (χ2v) is 5.83. The van der Waals surface area contributed by atoms with E-state index in [0.717, 1.165) is 22.3 Å². The lowest BCUT2D eigenvalue weighted by Gasteiger charge is -2.16. The van der Waals surface area contributed by atoms with Gasteiger partial charge in [-0.2, -0.15) is 0 Å². The van der Waals surface area contributed by atoms with Crippen molar-refractivity contribution in [2.75, 3.05) is 0 Å². The zero-order chi connectivity index (χ0) is 14.2. The minimum Gasteiger partial charge on any atom is -0.320 e. The summed E-state index contributed by atoms with van der Waals surface area (Å²) in [6.45, 7) is 4.06. The van der Waals surface area contributed by atoms with Crippen LogP contribution in [0.1, 0.15) is 28.3 Å². The number of halogens is 3. The highest BCUT2D eigenvalue weighted by molar-refractivity contribution is 6.42. The van der Waals surface area contributed by atoms with Crippen LogP contribution in [0.4, 0.5) is 0 Å². The molecule has 0 fully saturated rings. The smallest absolute Gasteiger partial charge is 0.0595 e. The van der Waals surface area contributed by atoms with Crippen LogP contribution in [-0.4, -0.2) is 0 Å². The molecular formula is C15H14Cl3N. The molecule has 0 heterocycles. The highest BCUT2D eigenvalue weighted by Crippen LogP contribution is 2.32. The first-order valence-corrected chi connectivity index (χ1v) is 7.00. The molecule has 2 rings (SSSR count). The summed E-state index contributed by atoms with van der Waals surface area (Å²) in [6, 6.07) is 9.02. The van der Waals surface area contributed by atoms with Gasteiger partial charge in [-0.15, -0.1) is 0 Å². The molecular weight excluding hydrogens is 301 g/mol. The Bertz CT molecular complexity index is 623. The Balaban J connectivity index is 2.46. The molecule has 2 aromatic rings. The number of benzene rings is 2. The van der Waals surface area contributed by atoms with Crippen LogP contribution >= 0.6 is 34.8 Å². The molecule has 4 heteroatoms. The van der Waals surface area contributed by atoms with Crippen LogP contribution in [0.3, 0.4) is 0 Å². The Morgan fingerprint density at radius 2 is 1.47 bits per heavy atom. The van der Waals surface area contributed by atoms with Gasteiger partial charge in [0.25, 0.3) is 0 Å². The number of nitrogens with two attached hydrogens (primary N) is 1. The average Bonchev–Trinajstić information content (AvgIpc) is 2.36. The topological polar surface area (TPSA) is 26.0 Å². The van der Waals surface area contributed by atoms with E-state index in [1.165, 1.54) is 0 Å². The standard InChI is InChI=1S/C15H14Cl3N/c1-8-5-11(13(17)6-9(8)2)15(19)10-3-4-12(16)14(18)7-10/h3-7,15H,19H2,1-2H3. The van der Waals surface area contributed by atoms with Gasteiger partial charge < -0.3 is 5.73 Å². The van der Waals surface area contributed by atoms with Crippen LogP contribution in [0.5, 0.6) is 0 Å². The molecule has 0 amide bonds. The molecule has 100 valence electrons. The molecule has 0 bridgehead atoms. The van der Waals surface area contributed by atoms with Crippen molar-refractivity contribution >= 4 is 34.8 Å². The summed E-state index contributed by atoms with van der Waals surface area (Å²) in [7, 11) is 0. The molecule has 1 nitrogen and oxygen atoms in total. The Kier molecular flexibility index (Phi) is 4.42. The highest BCUT2D eigenvalue weighted by Gasteiger charge is 2.15. The third-order valence-corrected chi connectivity index (χ3v) is 4.32. The van der Waals surface area contributed by atoms with Gasteiger partial charge in [-0.3, -0.25) is 0 Å². The van der Waals surface area contributed by atoms with Gasteiger partial charge in [-0.25, -0.2) is 0 Å². The second kappa shape index (κ2) is 5.72. The summed E-state index contributed by atoms with van der Waals surface area (Å²) in [4.78, 5) is 0. The first-order valence-electron chi connectivity index (χ1n) is 5.87. The van der Waals surface area contributed by atoms with Crippen LogP contribution in [-0.2, 0) is 0 Å². The quantitative estimate of drug-likeness (QED) is 0.798. The van der Waals surface area contributed by atoms with E-state index in [9.17, 15) is 0 Å². The maximum Gasteiger partial charge on any atom is 0.0595 e. The summed E-state index contributed by atoms with van der Waals surface area (Å²) in [5.74, 6) is 0. The van der Waals surface area contributed by atoms with Crippen molar-refractivity contribution in [3.05, 3.63) is 67.7 Å². The summed E-state index contributed by atoms with van der Waals surface area (Å²) in [5, 5.41) is 1.68. The van der Waals surface area contributed by atoms with Crippen molar-refractivity contribution in [3.63, 3.8) is 0 Å². The fourth-order valence-electron chi connectivity index (χ4n) is 1.93. The van der Waals surface area contributed by atoms with Gasteiger partial charge in [-0.05, 0) is 54.3 Å². The predicted octanol–water partition coefficient (Wildman–Crippen LogP) is 5.31. The summed E-state index contributed by atoms with van der Waals surface area (Å²) in [6.07, 6.45) is 0. The van der Waals surface area contributed by atoms with E-state index < -0.39 is 0 Å². The molecule has 2 aromatic carbocycles. The molecule has 2 N–H and O–H groups in total. The van der Waals surface area contributed by atoms with E-state index in [1.807, 2.05) is 32.0 Å². The fraction of sp³-hybridized carbons (Fsp3) is 0.200. The van der Waals surface area contributed by atoms with Gasteiger partial charge in [0, 0.05) is 5.02 Å². The van der Waals surface area contributed by atoms with Gasteiger partial charge in [-0.1, -0.05) is 46.9 Å². The van der Waals surface area contributed by atoms with E-state index in [2.05, 4.69) is 0 Å². The van der Waals surface area contributed by atoms with Crippen LogP contribution < -0.4 is 5.73 Å². The van der Waals surface area contributed by atoms with Crippen LogP contribution in [0, 0.1) is 13.8 Å². The van der Waals surface area contributed by atoms with Gasteiger partial charge in [0.15, 0.2) is 0 Å². The van der Waals surface area contributed by atoms with E-state index in [0.29, 0.717) is 15.1 Å². The molecule has 1 atom stereocenters. The zero-order valence-electron chi connectivity index (χ0n) is 10.7. The maximum absolute atomic E-state index is 6.28. The number of hydrogen-bond donors (Lipinski definition) is 1. The van der Waals surface area contributed by atoms with Crippen molar-refractivity contribution < 1.29 is 0 Å². The largest absolute Gasteiger partial charge is 0.320 e. The monoisotopic (exact) mass is 313 g/mol. The summed E-state index contributed by atoms with van der Waals surface area (Å²) >= 11 is 18.2. The summed E-state index contributed by atoms with van der Waals surface area (Å²) in [5.41, 5.74) is 10.4. The lowest BCUT2D eigenvalue weighted by Crippen LogP contribution is -2.13. The van der Waals surface area contributed by atoms with E-state index >= 15 is 0 Å². The molecule has 0 spiro atoms. The molecule has 0 saturated carbocycles. The van der Waals surface area contributed by atoms with Gasteiger partial charge in [0.1, 0.15) is 0 Å². The minimum absolute atomic E-state index is 0.318. The molecule has 19 heavy (non-hydrogen) atoms. The Hall–Kier alpha value is -0.730. The minimum atomic E-state index is -0.318. The molecule has 0 aliphatic carbocycles. The normalized spacial score (nSPS) is 12.5. The highest BCUT2D eigenvalue weighted by atomic mass is 35.5. The van der Waals surface area contributed by atoms with Crippen molar-refractivity contribution in [1.82, 2.24) is 0 Å². The fourth-order valence-corrected chi connectivity index (χ4v) is 2.57. The van der Waals surface area contributed by atoms with E-state index in [-0.39, 0.29) is 6.04 Å². The third-order valence-electron chi connectivity index (χ3n) is 3.25. The molecule has 0 radical (unpaired) electrons. The van der Waals surface area contributed by atoms with Crippen LogP contribution in [0.2, 0.25) is 15.1 Å². The zero-order valence-corrected chi connectivity index (χ0v) is 12.9. The Morgan fingerprint density at radius 3 is 2.11 bits per heavy atom. The SMILES string of the molecule is Cc1cc(Cl)c(C(N)c2ccc(Cl)c(Cl)c2)cc1C. The molecule has 1 unspecified atom stereocenters. The first-order chi connectivity index (χ1) is 8.90. The van der Waals surface area contributed by atoms with Gasteiger partial charge in [0.2, 0.25) is 0 Å². The van der Waals surface area contributed by atoms with Crippen molar-refractivity contribution in [2.45, 2.75) is 19.9 Å². The first kappa shape index (κ1) is 14.7. The Labute approximate surface area is 128 Å². The molecule has 0 aliphatic heterocycles. The second-order valence-electron chi connectivity index (χ2n) is 4.61. The van der Waals surface area contributed by atoms with Gasteiger partial charge in [0.05, 0.1) is 16.1 Å². The number of rotatable bonds is 2. The Morgan fingerprint density at radius 1 is 0.842 bits per heavy atom. The summed E-state index contributed by atoms with van der Waals surface area (Å²) < 4.78 is 0. The van der Waals surface area contributed by atoms with E-state index in [1.54, 1.807) is 12.1 Å². The lowest BCUT2D eigenvalue weighted by molar-refractivity contribution is 0.869. The molecule has 0 aromatic heterocycles. The van der Waals surface area contributed by atoms with Crippen LogP contribution in [0.25, 0.3) is 0 Å². The number of aryl methyl sites for hydroxylation is 2. The van der Waals surface area contributed by atoms with Crippen molar-refractivity contribution in [3.8, 4) is 0 Å². The molecule has 0 saturated heterocycles. The lowest BCUT2D eigenvalue weighted by atomic mass is 9.96. The van der Waals surface area contributed by atoms with Crippen molar-refractivity contribution in [1.29, 1.82) is 0 Å². The van der Waals surface area contributed by atoms with Gasteiger partial charge >= 0.3 is 0 Å². The number of hydrogen-bond acceptors (Lipinski definition) is 1. The predicted molar refractivity (Wildman–Crippen MR) is 83.4 cm³/mol. The third kappa shape index (κ3) is 3.06. The van der Waals surface area contributed by atoms with Crippen molar-refractivity contribution in [2.24, 2.45) is 5.73 Å². The maximum atomic E-state index is 6.28.